The molecule has 0 spiro atoms. The summed E-state index contributed by atoms with van der Waals surface area (Å²) >= 11 is 0. The summed E-state index contributed by atoms with van der Waals surface area (Å²) in [6.07, 6.45) is 1.60. The second-order valence-corrected chi connectivity index (χ2v) is 8.02. The van der Waals surface area contributed by atoms with Gasteiger partial charge in [-0.1, -0.05) is 6.92 Å². The number of hydrogen-bond donors (Lipinski definition) is 1. The molecule has 148 valence electrons. The third-order valence-corrected chi connectivity index (χ3v) is 4.77. The van der Waals surface area contributed by atoms with Crippen molar-refractivity contribution in [1.82, 2.24) is 0 Å². The number of furan rings is 1. The van der Waals surface area contributed by atoms with Gasteiger partial charge in [0.05, 0.1) is 18.6 Å². The first-order valence-corrected chi connectivity index (χ1v) is 10.6. The van der Waals surface area contributed by atoms with Gasteiger partial charge in [-0.15, -0.1) is 0 Å². The number of ether oxygens (including phenoxy) is 1. The topological polar surface area (TPSA) is 85.6 Å². The maximum absolute atomic E-state index is 13.3. The van der Waals surface area contributed by atoms with Crippen molar-refractivity contribution in [3.8, 4) is 11.3 Å². The maximum Gasteiger partial charge on any atom is 0.342 e. The number of aryl methyl sites for hydroxylation is 1. The normalized spacial score (nSPS) is 11.6. The van der Waals surface area contributed by atoms with Crippen LogP contribution in [0.3, 0.4) is 0 Å². The molecule has 8 heteroatoms. The Balaban J connectivity index is 2.28. The maximum atomic E-state index is 13.3. The molecule has 3 aromatic rings. The van der Waals surface area contributed by atoms with E-state index in [4.69, 9.17) is 9.15 Å². The summed E-state index contributed by atoms with van der Waals surface area (Å²) in [6.45, 7) is 3.76. The van der Waals surface area contributed by atoms with Crippen LogP contribution in [-0.2, 0) is 21.2 Å². The van der Waals surface area contributed by atoms with Crippen molar-refractivity contribution in [3.63, 3.8) is 0 Å². The molecule has 0 fully saturated rings. The molecule has 2 aromatic carbocycles. The standard InChI is InChI=1S/C20H20FNO5S/c1-4-12-10-15-17(11-16(12)22-28(3,24)25)27-19(18(15)20(23)26-5-2)13-6-8-14(21)9-7-13/h6-11,22H,4-5H2,1-3H3. The minimum atomic E-state index is -3.49. The molecule has 0 saturated carbocycles. The molecule has 0 radical (unpaired) electrons. The van der Waals surface area contributed by atoms with Gasteiger partial charge in [-0.2, -0.15) is 0 Å². The van der Waals surface area contributed by atoms with Crippen LogP contribution in [0.4, 0.5) is 10.1 Å². The van der Waals surface area contributed by atoms with Crippen LogP contribution in [0.15, 0.2) is 40.8 Å². The van der Waals surface area contributed by atoms with Crippen LogP contribution in [0, 0.1) is 5.82 Å². The minimum absolute atomic E-state index is 0.183. The lowest BCUT2D eigenvalue weighted by atomic mass is 10.0. The van der Waals surface area contributed by atoms with Gasteiger partial charge < -0.3 is 9.15 Å². The molecule has 1 heterocycles. The van der Waals surface area contributed by atoms with Gasteiger partial charge in [0.2, 0.25) is 10.0 Å². The van der Waals surface area contributed by atoms with Gasteiger partial charge in [-0.3, -0.25) is 4.72 Å². The summed E-state index contributed by atoms with van der Waals surface area (Å²) in [5.74, 6) is -0.732. The highest BCUT2D eigenvalue weighted by Gasteiger charge is 2.25. The van der Waals surface area contributed by atoms with Gasteiger partial charge in [0.1, 0.15) is 22.7 Å². The van der Waals surface area contributed by atoms with Gasteiger partial charge in [-0.25, -0.2) is 17.6 Å². The van der Waals surface area contributed by atoms with Crippen LogP contribution in [-0.4, -0.2) is 27.2 Å². The highest BCUT2D eigenvalue weighted by Crippen LogP contribution is 2.37. The number of rotatable bonds is 6. The van der Waals surface area contributed by atoms with E-state index in [-0.39, 0.29) is 17.9 Å². The van der Waals surface area contributed by atoms with E-state index in [1.807, 2.05) is 6.92 Å². The molecule has 6 nitrogen and oxygen atoms in total. The Bertz CT molecular complexity index is 1130. The second kappa shape index (κ2) is 7.63. The van der Waals surface area contributed by atoms with E-state index < -0.39 is 21.8 Å². The molecule has 0 bridgehead atoms. The Morgan fingerprint density at radius 3 is 2.43 bits per heavy atom. The molecule has 0 aliphatic carbocycles. The first-order valence-electron chi connectivity index (χ1n) is 8.73. The molecule has 0 unspecified atom stereocenters. The fourth-order valence-electron chi connectivity index (χ4n) is 2.99. The van der Waals surface area contributed by atoms with Crippen molar-refractivity contribution in [2.45, 2.75) is 20.3 Å². The number of carbonyl (C=O) groups is 1. The molecule has 0 aliphatic rings. The summed E-state index contributed by atoms with van der Waals surface area (Å²) in [7, 11) is -3.49. The smallest absolute Gasteiger partial charge is 0.342 e. The van der Waals surface area contributed by atoms with E-state index in [0.717, 1.165) is 6.26 Å². The SMILES string of the molecule is CCOC(=O)c1c(-c2ccc(F)cc2)oc2cc(NS(C)(=O)=O)c(CC)cc12. The lowest BCUT2D eigenvalue weighted by molar-refractivity contribution is 0.0528. The summed E-state index contributed by atoms with van der Waals surface area (Å²) in [5.41, 5.74) is 2.15. The third kappa shape index (κ3) is 4.01. The van der Waals surface area contributed by atoms with E-state index >= 15 is 0 Å². The zero-order valence-corrected chi connectivity index (χ0v) is 16.5. The Morgan fingerprint density at radius 2 is 1.86 bits per heavy atom. The van der Waals surface area contributed by atoms with Gasteiger partial charge in [0.15, 0.2) is 0 Å². The Kier molecular flexibility index (Phi) is 5.42. The average Bonchev–Trinajstić information content (AvgIpc) is 2.98. The number of hydrogen-bond acceptors (Lipinski definition) is 5. The predicted octanol–water partition coefficient (Wildman–Crippen LogP) is 4.35. The number of carbonyl (C=O) groups excluding carboxylic acids is 1. The summed E-state index contributed by atoms with van der Waals surface area (Å²) in [6, 6.07) is 8.81. The van der Waals surface area contributed by atoms with Crippen molar-refractivity contribution in [2.24, 2.45) is 0 Å². The quantitative estimate of drug-likeness (QED) is 0.616. The van der Waals surface area contributed by atoms with Crippen LogP contribution in [0.1, 0.15) is 29.8 Å². The number of esters is 1. The van der Waals surface area contributed by atoms with Crippen molar-refractivity contribution in [2.75, 3.05) is 17.6 Å². The van der Waals surface area contributed by atoms with Crippen LogP contribution < -0.4 is 4.72 Å². The van der Waals surface area contributed by atoms with Crippen molar-refractivity contribution >= 4 is 32.6 Å². The van der Waals surface area contributed by atoms with Crippen molar-refractivity contribution < 1.29 is 26.8 Å². The van der Waals surface area contributed by atoms with Crippen LogP contribution >= 0.6 is 0 Å². The number of benzene rings is 2. The predicted molar refractivity (Wildman–Crippen MR) is 105 cm³/mol. The highest BCUT2D eigenvalue weighted by molar-refractivity contribution is 7.92. The first-order chi connectivity index (χ1) is 13.2. The number of nitrogens with one attached hydrogen (secondary N) is 1. The average molecular weight is 405 g/mol. The van der Waals surface area contributed by atoms with Crippen LogP contribution in [0.5, 0.6) is 0 Å². The number of anilines is 1. The molecule has 0 aliphatic heterocycles. The molecular formula is C20H20FNO5S. The van der Waals surface area contributed by atoms with Crippen LogP contribution in [0.2, 0.25) is 0 Å². The number of fused-ring (bicyclic) bond motifs is 1. The number of sulfonamides is 1. The number of halogens is 1. The van der Waals surface area contributed by atoms with Crippen LogP contribution in [0.25, 0.3) is 22.3 Å². The minimum Gasteiger partial charge on any atom is -0.462 e. The lowest BCUT2D eigenvalue weighted by Gasteiger charge is -2.09. The summed E-state index contributed by atoms with van der Waals surface area (Å²) in [5, 5.41) is 0.508. The fourth-order valence-corrected chi connectivity index (χ4v) is 3.57. The van der Waals surface area contributed by atoms with E-state index in [1.165, 1.54) is 24.3 Å². The van der Waals surface area contributed by atoms with Gasteiger partial charge in [0.25, 0.3) is 0 Å². The second-order valence-electron chi connectivity index (χ2n) is 6.27. The molecule has 1 N–H and O–H groups in total. The molecule has 0 amide bonds. The van der Waals surface area contributed by atoms with E-state index in [2.05, 4.69) is 4.72 Å². The molecule has 3 rings (SSSR count). The Morgan fingerprint density at radius 1 is 1.18 bits per heavy atom. The van der Waals surface area contributed by atoms with Crippen molar-refractivity contribution in [3.05, 3.63) is 53.3 Å². The molecule has 0 saturated heterocycles. The molecule has 1 aromatic heterocycles. The molecule has 28 heavy (non-hydrogen) atoms. The fraction of sp³-hybridized carbons (Fsp3) is 0.250. The summed E-state index contributed by atoms with van der Waals surface area (Å²) < 4.78 is 50.2. The zero-order chi connectivity index (χ0) is 20.5. The molecule has 0 atom stereocenters. The van der Waals surface area contributed by atoms with E-state index in [9.17, 15) is 17.6 Å². The van der Waals surface area contributed by atoms with E-state index in [1.54, 1.807) is 19.1 Å². The van der Waals surface area contributed by atoms with Crippen molar-refractivity contribution in [1.29, 1.82) is 0 Å². The van der Waals surface area contributed by atoms with E-state index in [0.29, 0.717) is 34.2 Å². The zero-order valence-electron chi connectivity index (χ0n) is 15.7. The molecular weight excluding hydrogens is 385 g/mol. The largest absolute Gasteiger partial charge is 0.462 e. The van der Waals surface area contributed by atoms with Gasteiger partial charge >= 0.3 is 5.97 Å². The Hall–Kier alpha value is -2.87. The van der Waals surface area contributed by atoms with Gasteiger partial charge in [0, 0.05) is 17.0 Å². The highest BCUT2D eigenvalue weighted by atomic mass is 32.2. The first kappa shape index (κ1) is 19.9. The lowest BCUT2D eigenvalue weighted by Crippen LogP contribution is -2.11. The third-order valence-electron chi connectivity index (χ3n) is 4.18. The summed E-state index contributed by atoms with van der Waals surface area (Å²) in [4.78, 5) is 12.6. The monoisotopic (exact) mass is 405 g/mol. The Labute approximate surface area is 162 Å². The van der Waals surface area contributed by atoms with Gasteiger partial charge in [-0.05, 0) is 49.2 Å².